The Balaban J connectivity index is 1.49. The van der Waals surface area contributed by atoms with Crippen LogP contribution in [0.5, 0.6) is 0 Å². The third kappa shape index (κ3) is 4.71. The van der Waals surface area contributed by atoms with Gasteiger partial charge in [-0.3, -0.25) is 9.78 Å². The van der Waals surface area contributed by atoms with Gasteiger partial charge in [-0.05, 0) is 35.9 Å². The van der Waals surface area contributed by atoms with Crippen molar-refractivity contribution in [3.63, 3.8) is 0 Å². The highest BCUT2D eigenvalue weighted by molar-refractivity contribution is 7.90. The van der Waals surface area contributed by atoms with Gasteiger partial charge in [0.1, 0.15) is 17.2 Å². The lowest BCUT2D eigenvalue weighted by Crippen LogP contribution is -2.26. The van der Waals surface area contributed by atoms with Gasteiger partial charge in [-0.25, -0.2) is 17.5 Å². The predicted molar refractivity (Wildman–Crippen MR) is 125 cm³/mol. The highest BCUT2D eigenvalue weighted by Gasteiger charge is 2.33. The van der Waals surface area contributed by atoms with Crippen LogP contribution in [0.1, 0.15) is 27.3 Å². The molecule has 12 heteroatoms. The van der Waals surface area contributed by atoms with Crippen LogP contribution in [0.25, 0.3) is 16.8 Å². The fourth-order valence-electron chi connectivity index (χ4n) is 4.13. The largest absolute Gasteiger partial charge is 0.433 e. The molecule has 0 N–H and O–H groups in total. The number of carbonyl (C=O) groups is 1. The number of carbonyl (C=O) groups excluding carboxylic acids is 1. The zero-order valence-electron chi connectivity index (χ0n) is 19.2. The number of hydrogen-bond donors (Lipinski definition) is 0. The Morgan fingerprint density at radius 3 is 2.41 bits per heavy atom. The summed E-state index contributed by atoms with van der Waals surface area (Å²) in [5, 5.41) is 4.39. The van der Waals surface area contributed by atoms with Crippen LogP contribution in [0.2, 0.25) is 0 Å². The van der Waals surface area contributed by atoms with Crippen molar-refractivity contribution in [2.24, 2.45) is 0 Å². The van der Waals surface area contributed by atoms with Gasteiger partial charge in [0.2, 0.25) is 0 Å². The molecule has 2 aromatic carbocycles. The summed E-state index contributed by atoms with van der Waals surface area (Å²) in [7, 11) is -3.68. The van der Waals surface area contributed by atoms with Gasteiger partial charge in [0.15, 0.2) is 9.84 Å². The minimum Gasteiger partial charge on any atom is -0.328 e. The van der Waals surface area contributed by atoms with E-state index < -0.39 is 33.4 Å². The molecule has 1 aliphatic heterocycles. The first-order valence-electron chi connectivity index (χ1n) is 10.9. The van der Waals surface area contributed by atoms with Crippen LogP contribution in [-0.2, 0) is 29.1 Å². The lowest BCUT2D eigenvalue weighted by atomic mass is 10.00. The fraction of sp³-hybridized carbons (Fsp3) is 0.160. The predicted octanol–water partition coefficient (Wildman–Crippen LogP) is 4.65. The third-order valence-corrected chi connectivity index (χ3v) is 7.09. The molecule has 0 saturated heterocycles. The van der Waals surface area contributed by atoms with Crippen molar-refractivity contribution in [3.8, 4) is 16.8 Å². The molecule has 190 valence electrons. The number of pyridine rings is 1. The van der Waals surface area contributed by atoms with E-state index >= 15 is 0 Å². The van der Waals surface area contributed by atoms with Crippen LogP contribution < -0.4 is 0 Å². The van der Waals surface area contributed by atoms with E-state index in [1.807, 2.05) is 0 Å². The van der Waals surface area contributed by atoms with Crippen LogP contribution in [-0.4, -0.2) is 40.2 Å². The molecule has 37 heavy (non-hydrogen) atoms. The lowest BCUT2D eigenvalue weighted by Gasteiger charge is -2.19. The Labute approximate surface area is 208 Å². The van der Waals surface area contributed by atoms with E-state index in [4.69, 9.17) is 0 Å². The SMILES string of the molecule is CS(=O)(=O)c1ccc(-c2ccc(C(F)(F)F)nc2)c(C(=O)N2Cc3cn(-c4ccccc4F)nc3C2)c1. The number of aromatic nitrogens is 3. The van der Waals surface area contributed by atoms with E-state index in [1.165, 1.54) is 39.9 Å². The summed E-state index contributed by atoms with van der Waals surface area (Å²) in [6, 6.07) is 12.0. The Bertz CT molecular complexity index is 1610. The van der Waals surface area contributed by atoms with Crippen molar-refractivity contribution in [1.82, 2.24) is 19.7 Å². The molecule has 4 aromatic rings. The average molecular weight is 531 g/mol. The molecule has 0 atom stereocenters. The smallest absolute Gasteiger partial charge is 0.328 e. The first kappa shape index (κ1) is 24.6. The Kier molecular flexibility index (Phi) is 5.86. The number of rotatable bonds is 4. The molecule has 3 heterocycles. The second-order valence-electron chi connectivity index (χ2n) is 8.57. The summed E-state index contributed by atoms with van der Waals surface area (Å²) in [5.41, 5.74) is 0.859. The molecular weight excluding hydrogens is 512 g/mol. The van der Waals surface area contributed by atoms with E-state index in [9.17, 15) is 30.8 Å². The number of sulfone groups is 1. The average Bonchev–Trinajstić information content (AvgIpc) is 3.42. The minimum atomic E-state index is -4.63. The van der Waals surface area contributed by atoms with Crippen LogP contribution >= 0.6 is 0 Å². The Morgan fingerprint density at radius 2 is 1.78 bits per heavy atom. The number of hydrogen-bond acceptors (Lipinski definition) is 5. The monoisotopic (exact) mass is 530 g/mol. The van der Waals surface area contributed by atoms with Gasteiger partial charge in [0.05, 0.1) is 17.1 Å². The van der Waals surface area contributed by atoms with Crippen LogP contribution in [0.3, 0.4) is 0 Å². The highest BCUT2D eigenvalue weighted by Crippen LogP contribution is 2.33. The van der Waals surface area contributed by atoms with E-state index in [0.29, 0.717) is 11.3 Å². The quantitative estimate of drug-likeness (QED) is 0.359. The number of alkyl halides is 3. The van der Waals surface area contributed by atoms with Crippen LogP contribution in [0, 0.1) is 5.82 Å². The normalized spacial score (nSPS) is 13.6. The van der Waals surface area contributed by atoms with Gasteiger partial charge in [-0.15, -0.1) is 0 Å². The van der Waals surface area contributed by atoms with Crippen molar-refractivity contribution < 1.29 is 30.8 Å². The number of para-hydroxylation sites is 1. The fourth-order valence-corrected chi connectivity index (χ4v) is 4.78. The number of fused-ring (bicyclic) bond motifs is 1. The van der Waals surface area contributed by atoms with E-state index in [2.05, 4.69) is 10.1 Å². The molecule has 7 nitrogen and oxygen atoms in total. The van der Waals surface area contributed by atoms with Gasteiger partial charge in [0, 0.05) is 41.9 Å². The van der Waals surface area contributed by atoms with Crippen LogP contribution in [0.4, 0.5) is 17.6 Å². The minimum absolute atomic E-state index is 0.00313. The van der Waals surface area contributed by atoms with Crippen molar-refractivity contribution >= 4 is 15.7 Å². The Morgan fingerprint density at radius 1 is 1.03 bits per heavy atom. The molecule has 0 aliphatic carbocycles. The van der Waals surface area contributed by atoms with Crippen molar-refractivity contribution in [2.75, 3.05) is 6.26 Å². The maximum atomic E-state index is 14.2. The Hall–Kier alpha value is -4.06. The van der Waals surface area contributed by atoms with Gasteiger partial charge in [-0.1, -0.05) is 24.3 Å². The highest BCUT2D eigenvalue weighted by atomic mass is 32.2. The number of benzene rings is 2. The number of halogens is 4. The van der Waals surface area contributed by atoms with Crippen molar-refractivity contribution in [2.45, 2.75) is 24.2 Å². The standard InChI is InChI=1S/C25H18F4N4O3S/c1-37(35,36)17-7-8-18(15-6-9-23(30-11-15)25(27,28)29)19(10-17)24(34)32-12-16-13-33(31-21(16)14-32)22-5-3-2-4-20(22)26/h2-11,13H,12,14H2,1H3. The maximum Gasteiger partial charge on any atom is 0.433 e. The maximum absolute atomic E-state index is 14.2. The topological polar surface area (TPSA) is 85.2 Å². The van der Waals surface area contributed by atoms with Gasteiger partial charge >= 0.3 is 6.18 Å². The molecule has 2 aromatic heterocycles. The molecule has 0 saturated carbocycles. The molecular formula is C25H18F4N4O3S. The molecule has 0 bridgehead atoms. The van der Waals surface area contributed by atoms with Gasteiger partial charge in [0.25, 0.3) is 5.91 Å². The number of amides is 1. The van der Waals surface area contributed by atoms with Crippen molar-refractivity contribution in [3.05, 3.63) is 95.3 Å². The first-order valence-corrected chi connectivity index (χ1v) is 12.8. The molecule has 5 rings (SSSR count). The summed E-state index contributed by atoms with van der Waals surface area (Å²) in [4.78, 5) is 18.3. The molecule has 1 amide bonds. The summed E-state index contributed by atoms with van der Waals surface area (Å²) >= 11 is 0. The summed E-state index contributed by atoms with van der Waals surface area (Å²) < 4.78 is 78.7. The summed E-state index contributed by atoms with van der Waals surface area (Å²) in [6.45, 7) is 0.222. The second-order valence-corrected chi connectivity index (χ2v) is 10.6. The van der Waals surface area contributed by atoms with Crippen LogP contribution in [0.15, 0.2) is 71.9 Å². The molecule has 0 fully saturated rings. The number of nitrogens with zero attached hydrogens (tertiary/aromatic N) is 4. The lowest BCUT2D eigenvalue weighted by molar-refractivity contribution is -0.141. The second kappa shape index (κ2) is 8.80. The zero-order chi connectivity index (χ0) is 26.5. The third-order valence-electron chi connectivity index (χ3n) is 5.98. The zero-order valence-corrected chi connectivity index (χ0v) is 20.0. The van der Waals surface area contributed by atoms with Gasteiger partial charge < -0.3 is 4.90 Å². The summed E-state index contributed by atoms with van der Waals surface area (Å²) in [5.74, 6) is -0.986. The summed E-state index contributed by atoms with van der Waals surface area (Å²) in [6.07, 6.45) is -1.02. The molecule has 0 radical (unpaired) electrons. The van der Waals surface area contributed by atoms with E-state index in [-0.39, 0.29) is 40.4 Å². The van der Waals surface area contributed by atoms with E-state index in [1.54, 1.807) is 24.4 Å². The van der Waals surface area contributed by atoms with Crippen molar-refractivity contribution in [1.29, 1.82) is 0 Å². The van der Waals surface area contributed by atoms with Gasteiger partial charge in [-0.2, -0.15) is 18.3 Å². The molecule has 0 spiro atoms. The first-order chi connectivity index (χ1) is 17.4. The van der Waals surface area contributed by atoms with E-state index in [0.717, 1.165) is 18.5 Å². The molecule has 1 aliphatic rings. The molecule has 0 unspecified atom stereocenters.